The van der Waals surface area contributed by atoms with Gasteiger partial charge in [0.05, 0.1) is 0 Å². The van der Waals surface area contributed by atoms with Gasteiger partial charge in [-0.25, -0.2) is 0 Å². The summed E-state index contributed by atoms with van der Waals surface area (Å²) in [4.78, 5) is 0. The zero-order chi connectivity index (χ0) is 24.6. The Morgan fingerprint density at radius 3 is 1.19 bits per heavy atom. The fourth-order valence-electron chi connectivity index (χ4n) is 6.32. The Kier molecular flexibility index (Phi) is 4.63. The third-order valence-electron chi connectivity index (χ3n) is 8.31. The molecule has 0 atom stereocenters. The molecule has 0 amide bonds. The molecular formula is C36H30. The summed E-state index contributed by atoms with van der Waals surface area (Å²) in [5, 5.41) is 5.35. The van der Waals surface area contributed by atoms with Crippen molar-refractivity contribution in [3.8, 4) is 22.3 Å². The summed E-state index contributed by atoms with van der Waals surface area (Å²) >= 11 is 0. The summed E-state index contributed by atoms with van der Waals surface area (Å²) < 4.78 is 0. The number of rotatable bonds is 2. The number of aryl methyl sites for hydroxylation is 4. The number of hydrogen-bond acceptors (Lipinski definition) is 0. The van der Waals surface area contributed by atoms with Crippen LogP contribution in [0.15, 0.2) is 72.8 Å². The molecule has 0 heterocycles. The lowest BCUT2D eigenvalue weighted by molar-refractivity contribution is 1.32. The zero-order valence-corrected chi connectivity index (χ0v) is 21.5. The molecule has 5 aromatic rings. The van der Waals surface area contributed by atoms with E-state index in [2.05, 4.69) is 113 Å². The van der Waals surface area contributed by atoms with Crippen molar-refractivity contribution in [3.63, 3.8) is 0 Å². The maximum Gasteiger partial charge on any atom is -0.00880 e. The van der Waals surface area contributed by atoms with Crippen LogP contribution < -0.4 is 0 Å². The first-order chi connectivity index (χ1) is 17.4. The minimum atomic E-state index is 1.05. The van der Waals surface area contributed by atoms with Crippen LogP contribution in [0.5, 0.6) is 0 Å². The van der Waals surface area contributed by atoms with Gasteiger partial charge in [-0.2, -0.15) is 0 Å². The average molecular weight is 463 g/mol. The van der Waals surface area contributed by atoms with E-state index in [1.165, 1.54) is 88.3 Å². The molecule has 0 spiro atoms. The van der Waals surface area contributed by atoms with Crippen LogP contribution in [0, 0.1) is 27.7 Å². The maximum absolute atomic E-state index is 2.40. The van der Waals surface area contributed by atoms with E-state index >= 15 is 0 Å². The molecule has 0 fully saturated rings. The normalized spacial score (nSPS) is 13.7. The summed E-state index contributed by atoms with van der Waals surface area (Å²) in [7, 11) is 0. The molecule has 36 heavy (non-hydrogen) atoms. The molecular weight excluding hydrogens is 432 g/mol. The van der Waals surface area contributed by atoms with Gasteiger partial charge in [-0.05, 0) is 153 Å². The Labute approximate surface area is 213 Å². The molecule has 0 aromatic heterocycles. The number of hydrogen-bond donors (Lipinski definition) is 0. The summed E-state index contributed by atoms with van der Waals surface area (Å²) in [6.45, 7) is 9.04. The van der Waals surface area contributed by atoms with Crippen molar-refractivity contribution in [2.45, 2.75) is 40.5 Å². The van der Waals surface area contributed by atoms with Gasteiger partial charge in [0.25, 0.3) is 0 Å². The largest absolute Gasteiger partial charge is 0.0795 e. The molecule has 0 saturated heterocycles. The van der Waals surface area contributed by atoms with Gasteiger partial charge in [0.2, 0.25) is 0 Å². The molecule has 0 unspecified atom stereocenters. The Hall–Kier alpha value is -3.90. The van der Waals surface area contributed by atoms with Crippen molar-refractivity contribution in [1.29, 1.82) is 0 Å². The van der Waals surface area contributed by atoms with Gasteiger partial charge >= 0.3 is 0 Å². The van der Waals surface area contributed by atoms with Crippen molar-refractivity contribution in [3.05, 3.63) is 117 Å². The molecule has 0 aliphatic heterocycles. The molecule has 2 aliphatic rings. The Balaban J connectivity index is 1.36. The predicted octanol–water partition coefficient (Wildman–Crippen LogP) is 9.70. The molecule has 0 N–H and O–H groups in total. The second-order valence-corrected chi connectivity index (χ2v) is 10.8. The molecule has 0 bridgehead atoms. The quantitative estimate of drug-likeness (QED) is 0.245. The van der Waals surface area contributed by atoms with Crippen LogP contribution in [0.25, 0.3) is 56.0 Å². The van der Waals surface area contributed by atoms with Crippen LogP contribution in [0.1, 0.15) is 44.5 Å². The lowest BCUT2D eigenvalue weighted by atomic mass is 9.87. The van der Waals surface area contributed by atoms with E-state index in [0.29, 0.717) is 0 Å². The highest BCUT2D eigenvalue weighted by atomic mass is 14.2. The molecule has 2 aliphatic carbocycles. The van der Waals surface area contributed by atoms with Gasteiger partial charge in [-0.3, -0.25) is 0 Å². The van der Waals surface area contributed by atoms with E-state index in [1.54, 1.807) is 0 Å². The molecule has 0 heteroatoms. The number of fused-ring (bicyclic) bond motifs is 4. The summed E-state index contributed by atoms with van der Waals surface area (Å²) in [5.41, 5.74) is 16.3. The van der Waals surface area contributed by atoms with Crippen LogP contribution in [0.2, 0.25) is 0 Å². The highest BCUT2D eigenvalue weighted by Gasteiger charge is 2.15. The third kappa shape index (κ3) is 3.28. The fourth-order valence-corrected chi connectivity index (χ4v) is 6.32. The topological polar surface area (TPSA) is 0 Å². The first kappa shape index (κ1) is 21.4. The first-order valence-corrected chi connectivity index (χ1v) is 13.0. The summed E-state index contributed by atoms with van der Waals surface area (Å²) in [6.07, 6.45) is 11.2. The second kappa shape index (κ2) is 7.80. The SMILES string of the molecule is Cc1cc(-c2cc3cc4c(cc3cc2C)CC=C4)c(C)cc1-c1cc2cc3c(cc2cc1C)CC=C3. The minimum absolute atomic E-state index is 1.05. The second-order valence-electron chi connectivity index (χ2n) is 10.8. The lowest BCUT2D eigenvalue weighted by Gasteiger charge is -2.18. The molecule has 0 radical (unpaired) electrons. The van der Waals surface area contributed by atoms with Crippen LogP contribution in [-0.2, 0) is 12.8 Å². The summed E-state index contributed by atoms with van der Waals surface area (Å²) in [6, 6.07) is 23.8. The Morgan fingerprint density at radius 2 is 0.750 bits per heavy atom. The smallest absolute Gasteiger partial charge is 0.00880 e. The molecule has 0 saturated carbocycles. The van der Waals surface area contributed by atoms with Gasteiger partial charge in [0.15, 0.2) is 0 Å². The molecule has 5 aromatic carbocycles. The van der Waals surface area contributed by atoms with Crippen LogP contribution in [0.3, 0.4) is 0 Å². The number of benzene rings is 5. The van der Waals surface area contributed by atoms with Gasteiger partial charge in [0, 0.05) is 0 Å². The fraction of sp³-hybridized carbons (Fsp3) is 0.167. The highest BCUT2D eigenvalue weighted by molar-refractivity contribution is 5.95. The van der Waals surface area contributed by atoms with E-state index in [-0.39, 0.29) is 0 Å². The van der Waals surface area contributed by atoms with E-state index in [9.17, 15) is 0 Å². The van der Waals surface area contributed by atoms with Gasteiger partial charge in [-0.1, -0.05) is 60.7 Å². The Bertz CT molecular complexity index is 1670. The highest BCUT2D eigenvalue weighted by Crippen LogP contribution is 2.38. The van der Waals surface area contributed by atoms with Crippen LogP contribution >= 0.6 is 0 Å². The van der Waals surface area contributed by atoms with Gasteiger partial charge in [0.1, 0.15) is 0 Å². The monoisotopic (exact) mass is 462 g/mol. The van der Waals surface area contributed by atoms with Gasteiger partial charge < -0.3 is 0 Å². The van der Waals surface area contributed by atoms with Crippen LogP contribution in [0.4, 0.5) is 0 Å². The van der Waals surface area contributed by atoms with Crippen molar-refractivity contribution in [2.24, 2.45) is 0 Å². The van der Waals surface area contributed by atoms with E-state index in [1.807, 2.05) is 0 Å². The molecule has 7 rings (SSSR count). The van der Waals surface area contributed by atoms with Crippen LogP contribution in [-0.4, -0.2) is 0 Å². The van der Waals surface area contributed by atoms with Crippen molar-refractivity contribution in [1.82, 2.24) is 0 Å². The molecule has 174 valence electrons. The van der Waals surface area contributed by atoms with Crippen molar-refractivity contribution >= 4 is 33.7 Å². The van der Waals surface area contributed by atoms with E-state index < -0.39 is 0 Å². The first-order valence-electron chi connectivity index (χ1n) is 13.0. The Morgan fingerprint density at radius 1 is 0.389 bits per heavy atom. The summed E-state index contributed by atoms with van der Waals surface area (Å²) in [5.74, 6) is 0. The molecule has 0 nitrogen and oxygen atoms in total. The lowest BCUT2D eigenvalue weighted by Crippen LogP contribution is -1.95. The zero-order valence-electron chi connectivity index (χ0n) is 21.5. The standard InChI is InChI=1S/C36H30/c1-21-11-29-15-25-7-5-9-27(25)17-31(29)19-35(21)33-13-24(4)34(14-23(33)3)36-20-32-18-28-10-6-8-26(28)16-30(32)12-22(36)2/h5-6,9-20H,7-8H2,1-4H3. The minimum Gasteiger partial charge on any atom is -0.0795 e. The third-order valence-corrected chi connectivity index (χ3v) is 8.31. The maximum atomic E-state index is 2.40. The van der Waals surface area contributed by atoms with E-state index in [0.717, 1.165) is 12.8 Å². The van der Waals surface area contributed by atoms with Crippen molar-refractivity contribution in [2.75, 3.05) is 0 Å². The predicted molar refractivity (Wildman–Crippen MR) is 157 cm³/mol. The van der Waals surface area contributed by atoms with Gasteiger partial charge in [-0.15, -0.1) is 0 Å². The van der Waals surface area contributed by atoms with E-state index in [4.69, 9.17) is 0 Å². The average Bonchev–Trinajstić information content (AvgIpc) is 3.50. The number of allylic oxidation sites excluding steroid dienone is 2. The van der Waals surface area contributed by atoms with Crippen molar-refractivity contribution < 1.29 is 0 Å².